The molecule has 0 aromatic heterocycles. The number of rotatable bonds is 51. The van der Waals surface area contributed by atoms with Gasteiger partial charge in [-0.1, -0.05) is 262 Å². The van der Waals surface area contributed by atoms with E-state index in [1.54, 1.807) is 0 Å². The summed E-state index contributed by atoms with van der Waals surface area (Å²) in [4.78, 5) is 37.7. The van der Waals surface area contributed by atoms with E-state index in [9.17, 15) is 14.4 Å². The largest absolute Gasteiger partial charge is 0.462 e. The van der Waals surface area contributed by atoms with Gasteiger partial charge < -0.3 is 14.2 Å². The molecule has 6 nitrogen and oxygen atoms in total. The third-order valence-corrected chi connectivity index (χ3v) is 12.3. The van der Waals surface area contributed by atoms with Crippen LogP contribution in [0.5, 0.6) is 0 Å². The normalized spacial score (nSPS) is 12.4. The maximum absolute atomic E-state index is 12.7. The van der Waals surface area contributed by atoms with Crippen LogP contribution in [0, 0.1) is 0 Å². The lowest BCUT2D eigenvalue weighted by atomic mass is 10.0. The van der Waals surface area contributed by atoms with Gasteiger partial charge in [0, 0.05) is 19.3 Å². The highest BCUT2D eigenvalue weighted by Gasteiger charge is 2.19. The molecule has 1 unspecified atom stereocenters. The number of carbonyl (C=O) groups is 3. The molecule has 0 heterocycles. The summed E-state index contributed by atoms with van der Waals surface area (Å²) < 4.78 is 16.7. The second-order valence-electron chi connectivity index (χ2n) is 18.8. The molecule has 0 aromatic rings. The molecule has 0 bridgehead atoms. The van der Waals surface area contributed by atoms with Gasteiger partial charge in [-0.15, -0.1) is 0 Å². The minimum Gasteiger partial charge on any atom is -0.462 e. The number of esters is 3. The predicted molar refractivity (Wildman–Crippen MR) is 279 cm³/mol. The van der Waals surface area contributed by atoms with E-state index in [2.05, 4.69) is 69.4 Å². The summed E-state index contributed by atoms with van der Waals surface area (Å²) >= 11 is 0. The van der Waals surface area contributed by atoms with E-state index in [0.29, 0.717) is 19.3 Å². The van der Waals surface area contributed by atoms with Crippen LogP contribution in [-0.2, 0) is 28.6 Å². The van der Waals surface area contributed by atoms with Gasteiger partial charge in [0.1, 0.15) is 13.2 Å². The SMILES string of the molecule is CC/C=C\C/C=C\C/C=C\C/C=C\CCCCCCCCCCCCCCCCCCCCC(=O)OCC(COC(=O)CCCCCCCCC)OC(=O)CCCCCCCCCCC. The zero-order valence-corrected chi connectivity index (χ0v) is 43.3. The van der Waals surface area contributed by atoms with Crippen LogP contribution in [-0.4, -0.2) is 37.2 Å². The Bertz CT molecular complexity index is 1140. The van der Waals surface area contributed by atoms with Crippen molar-refractivity contribution in [1.29, 1.82) is 0 Å². The smallest absolute Gasteiger partial charge is 0.306 e. The van der Waals surface area contributed by atoms with Gasteiger partial charge in [-0.3, -0.25) is 14.4 Å². The van der Waals surface area contributed by atoms with Gasteiger partial charge in [0.2, 0.25) is 0 Å². The molecular weight excluding hydrogens is 805 g/mol. The van der Waals surface area contributed by atoms with Gasteiger partial charge >= 0.3 is 17.9 Å². The third-order valence-electron chi connectivity index (χ3n) is 12.3. The topological polar surface area (TPSA) is 78.9 Å². The van der Waals surface area contributed by atoms with Crippen LogP contribution >= 0.6 is 0 Å². The summed E-state index contributed by atoms with van der Waals surface area (Å²) in [6.07, 6.45) is 65.8. The van der Waals surface area contributed by atoms with E-state index in [-0.39, 0.29) is 31.1 Å². The zero-order valence-electron chi connectivity index (χ0n) is 43.3. The maximum Gasteiger partial charge on any atom is 0.306 e. The van der Waals surface area contributed by atoms with Crippen molar-refractivity contribution in [3.05, 3.63) is 48.6 Å². The van der Waals surface area contributed by atoms with E-state index >= 15 is 0 Å². The highest BCUT2D eigenvalue weighted by Crippen LogP contribution is 2.17. The molecule has 0 aliphatic carbocycles. The Labute approximate surface area is 403 Å². The van der Waals surface area contributed by atoms with Crippen LogP contribution < -0.4 is 0 Å². The lowest BCUT2D eigenvalue weighted by molar-refractivity contribution is -0.167. The first-order valence-electron chi connectivity index (χ1n) is 28.1. The van der Waals surface area contributed by atoms with Gasteiger partial charge in [-0.25, -0.2) is 0 Å². The second-order valence-corrected chi connectivity index (χ2v) is 18.8. The lowest BCUT2D eigenvalue weighted by Gasteiger charge is -2.18. The van der Waals surface area contributed by atoms with Crippen LogP contribution in [0.2, 0.25) is 0 Å². The van der Waals surface area contributed by atoms with Crippen LogP contribution in [0.3, 0.4) is 0 Å². The van der Waals surface area contributed by atoms with E-state index in [1.165, 1.54) is 167 Å². The molecule has 65 heavy (non-hydrogen) atoms. The molecule has 0 radical (unpaired) electrons. The predicted octanol–water partition coefficient (Wildman–Crippen LogP) is 18.7. The number of hydrogen-bond donors (Lipinski definition) is 0. The molecule has 378 valence electrons. The molecule has 0 rings (SSSR count). The Morgan fingerprint density at radius 3 is 0.938 bits per heavy atom. The Morgan fingerprint density at radius 1 is 0.323 bits per heavy atom. The number of carbonyl (C=O) groups excluding carboxylic acids is 3. The maximum atomic E-state index is 12.7. The second kappa shape index (κ2) is 54.0. The summed E-state index contributed by atoms with van der Waals surface area (Å²) in [5.41, 5.74) is 0. The average molecular weight is 911 g/mol. The van der Waals surface area contributed by atoms with Gasteiger partial charge in [0.25, 0.3) is 0 Å². The summed E-state index contributed by atoms with van der Waals surface area (Å²) in [7, 11) is 0. The van der Waals surface area contributed by atoms with Crippen molar-refractivity contribution in [2.75, 3.05) is 13.2 Å². The molecule has 0 saturated heterocycles. The van der Waals surface area contributed by atoms with Crippen molar-refractivity contribution < 1.29 is 28.6 Å². The summed E-state index contributed by atoms with van der Waals surface area (Å²) in [5, 5.41) is 0. The molecule has 0 N–H and O–H groups in total. The molecule has 0 saturated carbocycles. The van der Waals surface area contributed by atoms with Gasteiger partial charge in [0.05, 0.1) is 0 Å². The van der Waals surface area contributed by atoms with E-state index in [1.807, 2.05) is 0 Å². The minimum absolute atomic E-state index is 0.0678. The van der Waals surface area contributed by atoms with Crippen LogP contribution in [0.25, 0.3) is 0 Å². The molecular formula is C59H106O6. The fourth-order valence-corrected chi connectivity index (χ4v) is 8.14. The van der Waals surface area contributed by atoms with Crippen molar-refractivity contribution in [1.82, 2.24) is 0 Å². The van der Waals surface area contributed by atoms with E-state index < -0.39 is 6.10 Å². The van der Waals surface area contributed by atoms with Gasteiger partial charge in [-0.05, 0) is 57.8 Å². The molecule has 0 aromatic carbocycles. The Kier molecular flexibility index (Phi) is 51.8. The average Bonchev–Trinajstić information content (AvgIpc) is 3.30. The third kappa shape index (κ3) is 52.2. The number of ether oxygens (including phenoxy) is 3. The van der Waals surface area contributed by atoms with Crippen LogP contribution in [0.15, 0.2) is 48.6 Å². The molecule has 0 amide bonds. The molecule has 6 heteroatoms. The minimum atomic E-state index is -0.763. The molecule has 1 atom stereocenters. The highest BCUT2D eigenvalue weighted by molar-refractivity contribution is 5.71. The highest BCUT2D eigenvalue weighted by atomic mass is 16.6. The van der Waals surface area contributed by atoms with Crippen molar-refractivity contribution in [3.63, 3.8) is 0 Å². The van der Waals surface area contributed by atoms with Crippen molar-refractivity contribution in [2.24, 2.45) is 0 Å². The Balaban J connectivity index is 3.91. The van der Waals surface area contributed by atoms with Crippen molar-refractivity contribution in [3.8, 4) is 0 Å². The lowest BCUT2D eigenvalue weighted by Crippen LogP contribution is -2.30. The molecule has 0 fully saturated rings. The standard InChI is InChI=1S/C59H106O6/c1-4-7-10-13-16-18-19-20-21-22-23-24-25-26-27-28-29-30-31-32-33-34-35-36-37-38-39-41-43-46-49-52-58(61)64-55-56(54-63-57(60)51-48-45-42-15-12-9-6-3)65-59(62)53-50-47-44-40-17-14-11-8-5-2/h7,10,16,18,20-21,23-24,56H,4-6,8-9,11-15,17,19,22,25-55H2,1-3H3/b10-7-,18-16-,21-20-,24-23-. The van der Waals surface area contributed by atoms with E-state index in [4.69, 9.17) is 14.2 Å². The Hall–Kier alpha value is -2.63. The number of allylic oxidation sites excluding steroid dienone is 8. The first kappa shape index (κ1) is 62.4. The molecule has 0 spiro atoms. The van der Waals surface area contributed by atoms with Crippen molar-refractivity contribution in [2.45, 2.75) is 297 Å². The zero-order chi connectivity index (χ0) is 47.2. The van der Waals surface area contributed by atoms with Gasteiger partial charge in [-0.2, -0.15) is 0 Å². The fraction of sp³-hybridized carbons (Fsp3) is 0.814. The van der Waals surface area contributed by atoms with Crippen LogP contribution in [0.1, 0.15) is 290 Å². The van der Waals surface area contributed by atoms with Gasteiger partial charge in [0.15, 0.2) is 6.10 Å². The summed E-state index contributed by atoms with van der Waals surface area (Å²) in [5.74, 6) is -0.866. The first-order valence-corrected chi connectivity index (χ1v) is 28.1. The fourth-order valence-electron chi connectivity index (χ4n) is 8.14. The van der Waals surface area contributed by atoms with Crippen molar-refractivity contribution >= 4 is 17.9 Å². The Morgan fingerprint density at radius 2 is 0.600 bits per heavy atom. The number of hydrogen-bond acceptors (Lipinski definition) is 6. The van der Waals surface area contributed by atoms with E-state index in [0.717, 1.165) is 83.5 Å². The monoisotopic (exact) mass is 911 g/mol. The summed E-state index contributed by atoms with van der Waals surface area (Å²) in [6.45, 7) is 6.48. The molecule has 0 aliphatic heterocycles. The summed E-state index contributed by atoms with van der Waals surface area (Å²) in [6, 6.07) is 0. The number of unbranched alkanes of at least 4 members (excludes halogenated alkanes) is 32. The quantitative estimate of drug-likeness (QED) is 0.0262. The molecule has 0 aliphatic rings. The first-order chi connectivity index (χ1) is 32.0. The van der Waals surface area contributed by atoms with Crippen LogP contribution in [0.4, 0.5) is 0 Å².